The van der Waals surface area contributed by atoms with Gasteiger partial charge in [-0.25, -0.2) is 9.97 Å². The average Bonchev–Trinajstić information content (AvgIpc) is 3.26. The zero-order chi connectivity index (χ0) is 21.8. The average molecular weight is 421 g/mol. The molecule has 0 radical (unpaired) electrons. The number of carbonyl (C=O) groups excluding carboxylic acids is 2. The standard InChI is InChI=1S/C25H32N4O2/c1-17-10-12-19(13-11-17)15-23(30)29-14-6-9-22(29)24-21(16-26-18(2)27-24)25(31)28-20-7-4-3-5-8-20/h10-13,16,20,22H,3-9,14-15H2,1-2H3,(H,28,31)/t22-/m1/s1. The van der Waals surface area contributed by atoms with Crippen LogP contribution in [0, 0.1) is 13.8 Å². The van der Waals surface area contributed by atoms with Crippen LogP contribution in [0.1, 0.15) is 84.0 Å². The van der Waals surface area contributed by atoms with Gasteiger partial charge in [-0.05, 0) is 45.1 Å². The van der Waals surface area contributed by atoms with E-state index in [2.05, 4.69) is 15.3 Å². The van der Waals surface area contributed by atoms with E-state index in [1.54, 1.807) is 6.20 Å². The first-order valence-electron chi connectivity index (χ1n) is 11.5. The highest BCUT2D eigenvalue weighted by Gasteiger charge is 2.34. The summed E-state index contributed by atoms with van der Waals surface area (Å²) in [7, 11) is 0. The Morgan fingerprint density at radius 1 is 1.03 bits per heavy atom. The van der Waals surface area contributed by atoms with Crippen molar-refractivity contribution in [3.05, 3.63) is 58.7 Å². The summed E-state index contributed by atoms with van der Waals surface area (Å²) >= 11 is 0. The van der Waals surface area contributed by atoms with Crippen molar-refractivity contribution in [3.63, 3.8) is 0 Å². The molecule has 1 atom stereocenters. The van der Waals surface area contributed by atoms with Crippen molar-refractivity contribution in [2.75, 3.05) is 6.54 Å². The molecule has 1 saturated carbocycles. The number of nitrogens with one attached hydrogen (secondary N) is 1. The number of hydrogen-bond donors (Lipinski definition) is 1. The van der Waals surface area contributed by atoms with Gasteiger partial charge in [-0.15, -0.1) is 0 Å². The summed E-state index contributed by atoms with van der Waals surface area (Å²) in [4.78, 5) is 37.1. The molecule has 2 aliphatic rings. The number of amides is 2. The van der Waals surface area contributed by atoms with Crippen molar-refractivity contribution in [3.8, 4) is 0 Å². The number of aromatic nitrogens is 2. The van der Waals surface area contributed by atoms with E-state index in [0.29, 0.717) is 30.0 Å². The molecule has 1 N–H and O–H groups in total. The third-order valence-electron chi connectivity index (χ3n) is 6.49. The maximum atomic E-state index is 13.1. The second-order valence-corrected chi connectivity index (χ2v) is 8.93. The molecule has 164 valence electrons. The molecule has 2 fully saturated rings. The van der Waals surface area contributed by atoms with E-state index in [0.717, 1.165) is 44.1 Å². The Morgan fingerprint density at radius 3 is 2.52 bits per heavy atom. The summed E-state index contributed by atoms with van der Waals surface area (Å²) in [5.74, 6) is 0.600. The molecule has 31 heavy (non-hydrogen) atoms. The van der Waals surface area contributed by atoms with Gasteiger partial charge in [0, 0.05) is 18.8 Å². The van der Waals surface area contributed by atoms with Gasteiger partial charge in [0.1, 0.15) is 5.82 Å². The summed E-state index contributed by atoms with van der Waals surface area (Å²) in [6.45, 7) is 4.57. The second-order valence-electron chi connectivity index (χ2n) is 8.93. The van der Waals surface area contributed by atoms with E-state index >= 15 is 0 Å². The summed E-state index contributed by atoms with van der Waals surface area (Å²) in [5, 5.41) is 3.19. The predicted octanol–water partition coefficient (Wildman–Crippen LogP) is 4.06. The molecule has 2 aromatic rings. The minimum atomic E-state index is -0.174. The molecule has 1 aliphatic heterocycles. The van der Waals surface area contributed by atoms with E-state index in [4.69, 9.17) is 0 Å². The third-order valence-corrected chi connectivity index (χ3v) is 6.49. The summed E-state index contributed by atoms with van der Waals surface area (Å²) in [6.07, 6.45) is 9.35. The van der Waals surface area contributed by atoms with E-state index in [-0.39, 0.29) is 23.9 Å². The molecular weight excluding hydrogens is 388 g/mol. The number of hydrogen-bond acceptors (Lipinski definition) is 4. The maximum Gasteiger partial charge on any atom is 0.255 e. The molecule has 1 saturated heterocycles. The van der Waals surface area contributed by atoms with Crippen molar-refractivity contribution in [1.29, 1.82) is 0 Å². The highest BCUT2D eigenvalue weighted by molar-refractivity contribution is 5.95. The van der Waals surface area contributed by atoms with Gasteiger partial charge in [0.25, 0.3) is 5.91 Å². The Hall–Kier alpha value is -2.76. The van der Waals surface area contributed by atoms with Crippen LogP contribution in [-0.2, 0) is 11.2 Å². The van der Waals surface area contributed by atoms with E-state index in [1.807, 2.05) is 43.0 Å². The van der Waals surface area contributed by atoms with Crippen LogP contribution in [0.3, 0.4) is 0 Å². The molecule has 1 aromatic carbocycles. The minimum absolute atomic E-state index is 0.0845. The number of aryl methyl sites for hydroxylation is 2. The number of benzene rings is 1. The van der Waals surface area contributed by atoms with Crippen LogP contribution in [0.25, 0.3) is 0 Å². The van der Waals surface area contributed by atoms with Crippen molar-refractivity contribution in [2.24, 2.45) is 0 Å². The van der Waals surface area contributed by atoms with Gasteiger partial charge in [0.15, 0.2) is 0 Å². The molecular formula is C25H32N4O2. The fourth-order valence-corrected chi connectivity index (χ4v) is 4.76. The number of rotatable bonds is 5. The monoisotopic (exact) mass is 420 g/mol. The Labute approximate surface area is 184 Å². The Morgan fingerprint density at radius 2 is 1.77 bits per heavy atom. The lowest BCUT2D eigenvalue weighted by molar-refractivity contribution is -0.131. The van der Waals surface area contributed by atoms with Crippen LogP contribution in [0.5, 0.6) is 0 Å². The molecule has 1 aromatic heterocycles. The molecule has 6 heteroatoms. The Balaban J connectivity index is 1.54. The minimum Gasteiger partial charge on any atom is -0.349 e. The third kappa shape index (κ3) is 5.12. The fourth-order valence-electron chi connectivity index (χ4n) is 4.76. The summed E-state index contributed by atoms with van der Waals surface area (Å²) < 4.78 is 0. The zero-order valence-corrected chi connectivity index (χ0v) is 18.6. The maximum absolute atomic E-state index is 13.1. The van der Waals surface area contributed by atoms with Crippen LogP contribution in [0.4, 0.5) is 0 Å². The molecule has 0 spiro atoms. The molecule has 6 nitrogen and oxygen atoms in total. The van der Waals surface area contributed by atoms with Gasteiger partial charge in [-0.3, -0.25) is 9.59 Å². The van der Waals surface area contributed by atoms with Crippen molar-refractivity contribution in [1.82, 2.24) is 20.2 Å². The first-order chi connectivity index (χ1) is 15.0. The van der Waals surface area contributed by atoms with Crippen molar-refractivity contribution in [2.45, 2.75) is 77.3 Å². The number of likely N-dealkylation sites (tertiary alicyclic amines) is 1. The van der Waals surface area contributed by atoms with Crippen LogP contribution in [0.15, 0.2) is 30.5 Å². The molecule has 1 aliphatic carbocycles. The summed E-state index contributed by atoms with van der Waals surface area (Å²) in [5.41, 5.74) is 3.39. The Kier molecular flexibility index (Phi) is 6.64. The Bertz CT molecular complexity index is 935. The normalized spacial score (nSPS) is 19.4. The van der Waals surface area contributed by atoms with Gasteiger partial charge in [-0.1, -0.05) is 49.1 Å². The fraction of sp³-hybridized carbons (Fsp3) is 0.520. The SMILES string of the molecule is Cc1ccc(CC(=O)N2CCC[C@@H]2c2nc(C)ncc2C(=O)NC2CCCCC2)cc1. The van der Waals surface area contributed by atoms with Crippen LogP contribution in [-0.4, -0.2) is 39.3 Å². The van der Waals surface area contributed by atoms with Crippen molar-refractivity contribution < 1.29 is 9.59 Å². The lowest BCUT2D eigenvalue weighted by Gasteiger charge is -2.27. The van der Waals surface area contributed by atoms with E-state index < -0.39 is 0 Å². The van der Waals surface area contributed by atoms with Crippen LogP contribution < -0.4 is 5.32 Å². The quantitative estimate of drug-likeness (QED) is 0.791. The molecule has 4 rings (SSSR count). The molecule has 2 heterocycles. The molecule has 0 bridgehead atoms. The van der Waals surface area contributed by atoms with Gasteiger partial charge in [0.2, 0.25) is 5.91 Å². The number of nitrogens with zero attached hydrogens (tertiary/aromatic N) is 3. The topological polar surface area (TPSA) is 75.2 Å². The second kappa shape index (κ2) is 9.58. The number of carbonyl (C=O) groups is 2. The van der Waals surface area contributed by atoms with Crippen molar-refractivity contribution >= 4 is 11.8 Å². The largest absolute Gasteiger partial charge is 0.349 e. The first-order valence-corrected chi connectivity index (χ1v) is 11.5. The van der Waals surface area contributed by atoms with Crippen LogP contribution >= 0.6 is 0 Å². The lowest BCUT2D eigenvalue weighted by atomic mass is 9.95. The lowest BCUT2D eigenvalue weighted by Crippen LogP contribution is -2.38. The van der Waals surface area contributed by atoms with Crippen LogP contribution in [0.2, 0.25) is 0 Å². The van der Waals surface area contributed by atoms with Gasteiger partial charge in [-0.2, -0.15) is 0 Å². The summed E-state index contributed by atoms with van der Waals surface area (Å²) in [6, 6.07) is 8.13. The van der Waals surface area contributed by atoms with Gasteiger partial charge in [0.05, 0.1) is 23.7 Å². The predicted molar refractivity (Wildman–Crippen MR) is 120 cm³/mol. The molecule has 0 unspecified atom stereocenters. The van der Waals surface area contributed by atoms with E-state index in [1.165, 1.54) is 12.0 Å². The first kappa shape index (κ1) is 21.5. The highest BCUT2D eigenvalue weighted by atomic mass is 16.2. The smallest absolute Gasteiger partial charge is 0.255 e. The van der Waals surface area contributed by atoms with Gasteiger partial charge < -0.3 is 10.2 Å². The highest BCUT2D eigenvalue weighted by Crippen LogP contribution is 2.33. The molecule has 2 amide bonds. The zero-order valence-electron chi connectivity index (χ0n) is 18.6. The van der Waals surface area contributed by atoms with Gasteiger partial charge >= 0.3 is 0 Å². The van der Waals surface area contributed by atoms with E-state index in [9.17, 15) is 9.59 Å².